The summed E-state index contributed by atoms with van der Waals surface area (Å²) in [5.41, 5.74) is 7.56. The molecule has 0 saturated carbocycles. The molecule has 3 aromatic rings. The summed E-state index contributed by atoms with van der Waals surface area (Å²) in [4.78, 5) is 33.9. The van der Waals surface area contributed by atoms with Gasteiger partial charge in [0.2, 0.25) is 0 Å². The lowest BCUT2D eigenvalue weighted by atomic mass is 9.84. The zero-order valence-electron chi connectivity index (χ0n) is 15.8. The summed E-state index contributed by atoms with van der Waals surface area (Å²) in [5, 5.41) is 9.83. The van der Waals surface area contributed by atoms with E-state index in [1.807, 2.05) is 0 Å². The second kappa shape index (κ2) is 7.77. The predicted octanol–water partition coefficient (Wildman–Crippen LogP) is 0.301. The first-order chi connectivity index (χ1) is 14.6. The van der Waals surface area contributed by atoms with Gasteiger partial charge in [-0.1, -0.05) is 0 Å². The van der Waals surface area contributed by atoms with Gasteiger partial charge in [0, 0.05) is 24.8 Å². The van der Waals surface area contributed by atoms with Crippen molar-refractivity contribution in [1.82, 2.24) is 14.5 Å². The van der Waals surface area contributed by atoms with E-state index in [4.69, 9.17) is 10.5 Å². The normalized spacial score (nSPS) is 16.2. The third-order valence-corrected chi connectivity index (χ3v) is 5.83. The molecule has 0 bridgehead atoms. The first-order valence-electron chi connectivity index (χ1n) is 8.83. The van der Waals surface area contributed by atoms with Crippen LogP contribution in [0.4, 0.5) is 0 Å². The minimum Gasteiger partial charge on any atom is -0.466 e. The van der Waals surface area contributed by atoms with Crippen LogP contribution in [-0.2, 0) is 9.53 Å². The molecule has 0 aromatic carbocycles. The number of carbonyl (C=O) groups is 1. The molecular formula is C21H15N5O3S. The number of fused-ring (bicyclic) bond motifs is 1. The maximum Gasteiger partial charge on any atom is 0.337 e. The number of pyridine rings is 2. The van der Waals surface area contributed by atoms with Crippen molar-refractivity contribution in [1.29, 1.82) is 5.26 Å². The minimum absolute atomic E-state index is 0.00223. The number of nitriles is 1. The standard InChI is InChI=1S/C21H15N5O3S/c1-29-21(28)17-16(13-4-8-25-9-5-13)14(11-22)18(23)26-19(27)15(30-20(17)26)10-12-2-6-24-7-3-12/h2-10,16H,23H2,1H3/b15-10+. The zero-order chi connectivity index (χ0) is 21.3. The van der Waals surface area contributed by atoms with Crippen LogP contribution >= 0.6 is 11.3 Å². The van der Waals surface area contributed by atoms with Crippen LogP contribution in [0.1, 0.15) is 17.0 Å². The van der Waals surface area contributed by atoms with Gasteiger partial charge in [-0.2, -0.15) is 5.26 Å². The Balaban J connectivity index is 2.12. The van der Waals surface area contributed by atoms with Crippen LogP contribution in [0.25, 0.3) is 17.5 Å². The van der Waals surface area contributed by atoms with Crippen LogP contribution in [0.2, 0.25) is 0 Å². The molecule has 2 N–H and O–H groups in total. The van der Waals surface area contributed by atoms with Gasteiger partial charge in [0.05, 0.1) is 34.8 Å². The van der Waals surface area contributed by atoms with Crippen molar-refractivity contribution in [3.05, 3.63) is 85.3 Å². The molecule has 8 nitrogen and oxygen atoms in total. The van der Waals surface area contributed by atoms with Gasteiger partial charge in [-0.25, -0.2) is 4.79 Å². The van der Waals surface area contributed by atoms with E-state index in [1.165, 1.54) is 11.7 Å². The van der Waals surface area contributed by atoms with E-state index in [-0.39, 0.29) is 17.0 Å². The van der Waals surface area contributed by atoms with Gasteiger partial charge in [0.1, 0.15) is 10.5 Å². The molecule has 0 aliphatic carbocycles. The summed E-state index contributed by atoms with van der Waals surface area (Å²) in [6.45, 7) is 0. The smallest absolute Gasteiger partial charge is 0.337 e. The molecule has 1 unspecified atom stereocenters. The second-order valence-corrected chi connectivity index (χ2v) is 7.40. The average molecular weight is 417 g/mol. The molecule has 1 aliphatic heterocycles. The average Bonchev–Trinajstić information content (AvgIpc) is 3.10. The molecule has 0 amide bonds. The molecule has 0 radical (unpaired) electrons. The van der Waals surface area contributed by atoms with Gasteiger partial charge in [-0.15, -0.1) is 11.3 Å². The topological polar surface area (TPSA) is 124 Å². The molecular weight excluding hydrogens is 402 g/mol. The molecule has 4 rings (SSSR count). The van der Waals surface area contributed by atoms with Crippen molar-refractivity contribution in [2.75, 3.05) is 7.11 Å². The van der Waals surface area contributed by atoms with Crippen LogP contribution in [0, 0.1) is 11.3 Å². The van der Waals surface area contributed by atoms with E-state index in [9.17, 15) is 14.9 Å². The highest BCUT2D eigenvalue weighted by Crippen LogP contribution is 2.36. The number of carbonyl (C=O) groups excluding carboxylic acids is 1. The summed E-state index contributed by atoms with van der Waals surface area (Å²) in [5.74, 6) is -1.41. The van der Waals surface area contributed by atoms with Crippen LogP contribution in [0.5, 0.6) is 0 Å². The summed E-state index contributed by atoms with van der Waals surface area (Å²) in [6.07, 6.45) is 8.05. The van der Waals surface area contributed by atoms with Gasteiger partial charge in [0.25, 0.3) is 5.56 Å². The van der Waals surface area contributed by atoms with E-state index in [1.54, 1.807) is 55.1 Å². The maximum absolute atomic E-state index is 13.1. The van der Waals surface area contributed by atoms with Crippen LogP contribution in [0.3, 0.4) is 0 Å². The van der Waals surface area contributed by atoms with Gasteiger partial charge < -0.3 is 10.5 Å². The zero-order valence-corrected chi connectivity index (χ0v) is 16.6. The number of ether oxygens (including phenoxy) is 1. The van der Waals surface area contributed by atoms with Crippen LogP contribution in [0.15, 0.2) is 59.4 Å². The fraction of sp³-hybridized carbons (Fsp3) is 0.0952. The van der Waals surface area contributed by atoms with Crippen molar-refractivity contribution >= 4 is 34.8 Å². The molecule has 1 aliphatic rings. The minimum atomic E-state index is -0.766. The largest absolute Gasteiger partial charge is 0.466 e. The Bertz CT molecular complexity index is 1380. The van der Waals surface area contributed by atoms with Gasteiger partial charge in [-0.05, 0) is 41.5 Å². The summed E-state index contributed by atoms with van der Waals surface area (Å²) >= 11 is 1.12. The van der Waals surface area contributed by atoms with Crippen molar-refractivity contribution in [3.63, 3.8) is 0 Å². The fourth-order valence-electron chi connectivity index (χ4n) is 3.35. The molecule has 4 heterocycles. The number of allylic oxidation sites excluding steroid dienone is 1. The molecule has 0 saturated heterocycles. The first-order valence-corrected chi connectivity index (χ1v) is 9.64. The second-order valence-electron chi connectivity index (χ2n) is 6.37. The number of nitrogens with zero attached hydrogens (tertiary/aromatic N) is 4. The third-order valence-electron chi connectivity index (χ3n) is 4.72. The Morgan fingerprint density at radius 2 is 1.87 bits per heavy atom. The SMILES string of the molecule is COC(=O)C1=c2s/c(=C/c3ccncc3)c(=O)n2C(N)=C(C#N)C1c1ccncc1. The van der Waals surface area contributed by atoms with Crippen molar-refractivity contribution in [2.24, 2.45) is 5.73 Å². The molecule has 148 valence electrons. The highest BCUT2D eigenvalue weighted by Gasteiger charge is 2.36. The Kier molecular flexibility index (Phi) is 5.00. The quantitative estimate of drug-likeness (QED) is 0.608. The molecule has 9 heteroatoms. The highest BCUT2D eigenvalue weighted by atomic mass is 32.1. The van der Waals surface area contributed by atoms with E-state index in [0.29, 0.717) is 14.8 Å². The van der Waals surface area contributed by atoms with Gasteiger partial charge >= 0.3 is 5.97 Å². The Morgan fingerprint density at radius 1 is 1.23 bits per heavy atom. The van der Waals surface area contributed by atoms with Crippen LogP contribution < -0.4 is 20.5 Å². The monoisotopic (exact) mass is 417 g/mol. The summed E-state index contributed by atoms with van der Waals surface area (Å²) < 4.78 is 6.92. The predicted molar refractivity (Wildman–Crippen MR) is 111 cm³/mol. The molecule has 0 fully saturated rings. The van der Waals surface area contributed by atoms with E-state index in [0.717, 1.165) is 16.9 Å². The molecule has 3 aromatic heterocycles. The lowest BCUT2D eigenvalue weighted by molar-refractivity contribution is -0.134. The number of hydrogen-bond donors (Lipinski definition) is 1. The number of esters is 1. The van der Waals surface area contributed by atoms with Crippen LogP contribution in [-0.4, -0.2) is 27.6 Å². The van der Waals surface area contributed by atoms with Gasteiger partial charge in [-0.3, -0.25) is 19.3 Å². The number of thiazole rings is 1. The number of nitrogens with two attached hydrogens (primary N) is 1. The fourth-order valence-corrected chi connectivity index (χ4v) is 4.52. The Labute approximate surface area is 174 Å². The Morgan fingerprint density at radius 3 is 2.47 bits per heavy atom. The van der Waals surface area contributed by atoms with E-state index in [2.05, 4.69) is 16.0 Å². The summed E-state index contributed by atoms with van der Waals surface area (Å²) in [7, 11) is 1.26. The van der Waals surface area contributed by atoms with E-state index >= 15 is 0 Å². The molecule has 0 spiro atoms. The molecule has 30 heavy (non-hydrogen) atoms. The lowest BCUT2D eigenvalue weighted by Gasteiger charge is -2.24. The van der Waals surface area contributed by atoms with Gasteiger partial charge in [0.15, 0.2) is 0 Å². The summed E-state index contributed by atoms with van der Waals surface area (Å²) in [6, 6.07) is 8.98. The first kappa shape index (κ1) is 19.3. The number of aromatic nitrogens is 3. The van der Waals surface area contributed by atoms with E-state index < -0.39 is 17.4 Å². The van der Waals surface area contributed by atoms with Crippen molar-refractivity contribution in [3.8, 4) is 6.07 Å². The highest BCUT2D eigenvalue weighted by molar-refractivity contribution is 7.07. The third kappa shape index (κ3) is 3.09. The van der Waals surface area contributed by atoms with Crippen molar-refractivity contribution in [2.45, 2.75) is 5.92 Å². The number of rotatable bonds is 3. The number of methoxy groups -OCH3 is 1. The Hall–Kier alpha value is -4.03. The lowest BCUT2D eigenvalue weighted by Crippen LogP contribution is -2.40. The van der Waals surface area contributed by atoms with Crippen molar-refractivity contribution < 1.29 is 9.53 Å². The molecule has 1 atom stereocenters. The number of hydrogen-bond acceptors (Lipinski definition) is 8. The maximum atomic E-state index is 13.1.